The average Bonchev–Trinajstić information content (AvgIpc) is 2.38. The van der Waals surface area contributed by atoms with E-state index in [1.807, 2.05) is 6.92 Å². The first kappa shape index (κ1) is 9.27. The molecule has 0 saturated heterocycles. The molecule has 0 unspecified atom stereocenters. The largest absolute Gasteiger partial charge is 0.297 e. The van der Waals surface area contributed by atoms with E-state index in [1.54, 1.807) is 20.0 Å². The molecule has 0 atom stereocenters. The summed E-state index contributed by atoms with van der Waals surface area (Å²) < 4.78 is 2.99. The fourth-order valence-corrected chi connectivity index (χ4v) is 1.74. The van der Waals surface area contributed by atoms with E-state index in [4.69, 9.17) is 11.6 Å². The van der Waals surface area contributed by atoms with Gasteiger partial charge in [-0.05, 0) is 25.5 Å². The lowest BCUT2D eigenvalue weighted by Gasteiger charge is -2.03. The van der Waals surface area contributed by atoms with Crippen molar-refractivity contribution in [2.45, 2.75) is 13.8 Å². The molecule has 0 saturated carbocycles. The first-order chi connectivity index (χ1) is 6.52. The van der Waals surface area contributed by atoms with Gasteiger partial charge in [-0.3, -0.25) is 9.36 Å². The average molecular weight is 212 g/mol. The molecule has 2 aromatic heterocycles. The molecular weight excluding hydrogens is 202 g/mol. The molecule has 2 heterocycles. The number of aromatic nitrogens is 3. The highest BCUT2D eigenvalue weighted by Crippen LogP contribution is 2.15. The lowest BCUT2D eigenvalue weighted by atomic mass is 10.3. The van der Waals surface area contributed by atoms with Gasteiger partial charge in [0.05, 0.1) is 0 Å². The second kappa shape index (κ2) is 2.85. The molecule has 0 radical (unpaired) electrons. The van der Waals surface area contributed by atoms with E-state index in [9.17, 15) is 4.79 Å². The summed E-state index contributed by atoms with van der Waals surface area (Å²) in [5.74, 6) is 0.639. The molecule has 0 aliphatic heterocycles. The topological polar surface area (TPSA) is 39.3 Å². The van der Waals surface area contributed by atoms with Crippen LogP contribution < -0.4 is 5.56 Å². The highest BCUT2D eigenvalue weighted by molar-refractivity contribution is 6.30. The van der Waals surface area contributed by atoms with E-state index in [-0.39, 0.29) is 5.56 Å². The van der Waals surface area contributed by atoms with Crippen molar-refractivity contribution >= 4 is 17.1 Å². The molecule has 5 heteroatoms. The standard InChI is InChI=1S/C9H10ClN3O/c1-5-4-7(10)13-8(5)9(14)12(3)6(2)11-13/h4H,1-3H3. The maximum Gasteiger partial charge on any atom is 0.277 e. The number of nitrogens with zero attached hydrogens (tertiary/aromatic N) is 3. The predicted octanol–water partition coefficient (Wildman–Crippen LogP) is 1.30. The summed E-state index contributed by atoms with van der Waals surface area (Å²) in [4.78, 5) is 11.8. The van der Waals surface area contributed by atoms with Crippen molar-refractivity contribution in [1.82, 2.24) is 14.2 Å². The van der Waals surface area contributed by atoms with Crippen LogP contribution in [0.25, 0.3) is 5.52 Å². The van der Waals surface area contributed by atoms with Crippen LogP contribution in [0.15, 0.2) is 10.9 Å². The van der Waals surface area contributed by atoms with E-state index in [0.717, 1.165) is 5.56 Å². The zero-order valence-electron chi connectivity index (χ0n) is 8.21. The molecule has 14 heavy (non-hydrogen) atoms. The summed E-state index contributed by atoms with van der Waals surface area (Å²) in [6.07, 6.45) is 0. The van der Waals surface area contributed by atoms with Gasteiger partial charge in [-0.1, -0.05) is 11.6 Å². The highest BCUT2D eigenvalue weighted by Gasteiger charge is 2.11. The van der Waals surface area contributed by atoms with Gasteiger partial charge in [-0.2, -0.15) is 5.10 Å². The molecule has 0 aromatic carbocycles. The molecule has 0 aliphatic rings. The number of fused-ring (bicyclic) bond motifs is 1. The molecule has 0 bridgehead atoms. The Hall–Kier alpha value is -1.29. The van der Waals surface area contributed by atoms with Gasteiger partial charge in [0.1, 0.15) is 16.5 Å². The molecule has 0 amide bonds. The van der Waals surface area contributed by atoms with E-state index < -0.39 is 0 Å². The van der Waals surface area contributed by atoms with Crippen molar-refractivity contribution in [2.75, 3.05) is 0 Å². The van der Waals surface area contributed by atoms with Gasteiger partial charge in [-0.25, -0.2) is 4.52 Å². The van der Waals surface area contributed by atoms with Crippen molar-refractivity contribution in [2.24, 2.45) is 7.05 Å². The van der Waals surface area contributed by atoms with Gasteiger partial charge in [-0.15, -0.1) is 0 Å². The minimum Gasteiger partial charge on any atom is -0.297 e. The molecule has 0 spiro atoms. The zero-order chi connectivity index (χ0) is 10.5. The molecule has 4 nitrogen and oxygen atoms in total. The van der Waals surface area contributed by atoms with Gasteiger partial charge < -0.3 is 0 Å². The second-order valence-electron chi connectivity index (χ2n) is 3.32. The van der Waals surface area contributed by atoms with Crippen molar-refractivity contribution in [3.05, 3.63) is 33.0 Å². The van der Waals surface area contributed by atoms with E-state index >= 15 is 0 Å². The first-order valence-corrected chi connectivity index (χ1v) is 4.61. The van der Waals surface area contributed by atoms with E-state index in [0.29, 0.717) is 16.5 Å². The number of hydrogen-bond donors (Lipinski definition) is 0. The van der Waals surface area contributed by atoms with Crippen LogP contribution in [0.3, 0.4) is 0 Å². The Bertz CT molecular complexity index is 567. The lowest BCUT2D eigenvalue weighted by molar-refractivity contribution is 0.718. The Morgan fingerprint density at radius 3 is 2.71 bits per heavy atom. The molecule has 2 rings (SSSR count). The Morgan fingerprint density at radius 1 is 1.43 bits per heavy atom. The van der Waals surface area contributed by atoms with Gasteiger partial charge in [0.2, 0.25) is 0 Å². The number of halogens is 1. The normalized spacial score (nSPS) is 11.1. The highest BCUT2D eigenvalue weighted by atomic mass is 35.5. The molecule has 0 aliphatic carbocycles. The van der Waals surface area contributed by atoms with Crippen LogP contribution in [0.4, 0.5) is 0 Å². The third-order valence-electron chi connectivity index (χ3n) is 2.36. The smallest absolute Gasteiger partial charge is 0.277 e. The van der Waals surface area contributed by atoms with Gasteiger partial charge in [0, 0.05) is 7.05 Å². The Labute approximate surface area is 85.7 Å². The number of aryl methyl sites for hydroxylation is 2. The zero-order valence-corrected chi connectivity index (χ0v) is 8.96. The summed E-state index contributed by atoms with van der Waals surface area (Å²) in [5.41, 5.74) is 1.33. The van der Waals surface area contributed by atoms with Crippen molar-refractivity contribution < 1.29 is 0 Å². The Morgan fingerprint density at radius 2 is 2.07 bits per heavy atom. The van der Waals surface area contributed by atoms with Crippen LogP contribution in [0, 0.1) is 13.8 Å². The quantitative estimate of drug-likeness (QED) is 0.659. The molecule has 2 aromatic rings. The van der Waals surface area contributed by atoms with E-state index in [1.165, 1.54) is 9.08 Å². The third kappa shape index (κ3) is 1.07. The summed E-state index contributed by atoms with van der Waals surface area (Å²) in [6, 6.07) is 1.74. The van der Waals surface area contributed by atoms with Crippen LogP contribution >= 0.6 is 11.6 Å². The summed E-state index contributed by atoms with van der Waals surface area (Å²) >= 11 is 5.93. The van der Waals surface area contributed by atoms with Crippen LogP contribution in [-0.2, 0) is 7.05 Å². The third-order valence-corrected chi connectivity index (χ3v) is 2.63. The maximum absolute atomic E-state index is 11.8. The minimum absolute atomic E-state index is 0.0677. The Balaban J connectivity index is 3.09. The number of rotatable bonds is 0. The summed E-state index contributed by atoms with van der Waals surface area (Å²) in [7, 11) is 1.70. The van der Waals surface area contributed by atoms with E-state index in [2.05, 4.69) is 5.10 Å². The van der Waals surface area contributed by atoms with Crippen molar-refractivity contribution in [3.63, 3.8) is 0 Å². The molecule has 0 N–H and O–H groups in total. The fraction of sp³-hybridized carbons (Fsp3) is 0.333. The minimum atomic E-state index is -0.0677. The predicted molar refractivity (Wildman–Crippen MR) is 54.9 cm³/mol. The molecule has 0 fully saturated rings. The van der Waals surface area contributed by atoms with Crippen molar-refractivity contribution in [1.29, 1.82) is 0 Å². The second-order valence-corrected chi connectivity index (χ2v) is 3.71. The van der Waals surface area contributed by atoms with Crippen LogP contribution in [0.5, 0.6) is 0 Å². The van der Waals surface area contributed by atoms with Gasteiger partial charge >= 0.3 is 0 Å². The van der Waals surface area contributed by atoms with Crippen molar-refractivity contribution in [3.8, 4) is 0 Å². The van der Waals surface area contributed by atoms with Gasteiger partial charge in [0.25, 0.3) is 5.56 Å². The fourth-order valence-electron chi connectivity index (χ4n) is 1.46. The SMILES string of the molecule is Cc1cc(Cl)n2nc(C)n(C)c(=O)c12. The maximum atomic E-state index is 11.8. The number of hydrogen-bond acceptors (Lipinski definition) is 2. The Kier molecular flexibility index (Phi) is 1.89. The van der Waals surface area contributed by atoms with Crippen LogP contribution in [-0.4, -0.2) is 14.2 Å². The molecule has 74 valence electrons. The van der Waals surface area contributed by atoms with Gasteiger partial charge in [0.15, 0.2) is 0 Å². The first-order valence-electron chi connectivity index (χ1n) is 4.24. The van der Waals surface area contributed by atoms with Crippen LogP contribution in [0.1, 0.15) is 11.4 Å². The lowest BCUT2D eigenvalue weighted by Crippen LogP contribution is -2.23. The monoisotopic (exact) mass is 211 g/mol. The summed E-state index contributed by atoms with van der Waals surface area (Å²) in [6.45, 7) is 3.62. The summed E-state index contributed by atoms with van der Waals surface area (Å²) in [5, 5.41) is 4.67. The van der Waals surface area contributed by atoms with Crippen LogP contribution in [0.2, 0.25) is 5.15 Å². The molecular formula is C9H10ClN3O.